The van der Waals surface area contributed by atoms with Gasteiger partial charge in [-0.25, -0.2) is 27.7 Å². The number of carbonyl (C=O) groups is 2. The highest BCUT2D eigenvalue weighted by Crippen LogP contribution is 2.38. The monoisotopic (exact) mass is 952 g/mol. The largest absolute Gasteiger partial charge is 0.444 e. The third-order valence-corrected chi connectivity index (χ3v) is 13.4. The first-order valence-electron chi connectivity index (χ1n) is 21.4. The van der Waals surface area contributed by atoms with Gasteiger partial charge in [-0.05, 0) is 201 Å². The molecule has 2 amide bonds. The molecule has 15 heteroatoms. The van der Waals surface area contributed by atoms with Gasteiger partial charge < -0.3 is 19.3 Å². The second-order valence-electron chi connectivity index (χ2n) is 21.2. The predicted octanol–water partition coefficient (Wildman–Crippen LogP) is 11.2. The number of halogens is 1. The molecule has 2 saturated heterocycles. The number of nitrogens with zero attached hydrogens (tertiary/aromatic N) is 5. The number of hydrogen-bond acceptors (Lipinski definition) is 8. The van der Waals surface area contributed by atoms with Crippen LogP contribution in [0.25, 0.3) is 0 Å². The fraction of sp³-hybridized carbons (Fsp3) is 0.717. The van der Waals surface area contributed by atoms with Gasteiger partial charge in [-0.15, -0.1) is 0 Å². The minimum atomic E-state index is -1.20. The summed E-state index contributed by atoms with van der Waals surface area (Å²) in [4.78, 5) is 37.2. The molecule has 2 aliphatic heterocycles. The molecule has 0 aliphatic carbocycles. The third kappa shape index (κ3) is 20.1. The van der Waals surface area contributed by atoms with E-state index in [-0.39, 0.29) is 38.8 Å². The molecule has 4 heterocycles. The zero-order valence-electron chi connectivity index (χ0n) is 40.0. The van der Waals surface area contributed by atoms with Gasteiger partial charge in [0.2, 0.25) is 0 Å². The number of rotatable bonds is 10. The summed E-state index contributed by atoms with van der Waals surface area (Å²) in [6.45, 7) is 32.7. The number of likely N-dealkylation sites (tertiary alicyclic amines) is 2. The molecular formula is C46H77BrN6O6S2. The lowest BCUT2D eigenvalue weighted by atomic mass is 9.91. The van der Waals surface area contributed by atoms with Crippen LogP contribution in [0.2, 0.25) is 0 Å². The summed E-state index contributed by atoms with van der Waals surface area (Å²) in [7, 11) is -2.38. The van der Waals surface area contributed by atoms with E-state index in [1.54, 1.807) is 18.6 Å². The highest BCUT2D eigenvalue weighted by atomic mass is 79.9. The standard InChI is InChI=1S/C23H39N3O3S.C18H34N2O3S.C5H4BrN/c1-21(2,3)29-20(27)26-16-17(15-23(26,7)8)12-13-19(18-11-9-10-14-24-18)25-30(28)22(4,5)6;1-16(2,3)23-15(21)20-13-14(12-18(20,7)8)10-9-11-19-24(22)17(4,5)6;6-5-3-1-2-4-7-5/h9-11,14,17,19,25H,12-13,15-16H2,1-8H3;11,14H,9-10,12-13H2,1-8H3;1-4H/t17-,19?,30-;14-,24?;/m00./s1. The Kier molecular flexibility index (Phi) is 20.3. The van der Waals surface area contributed by atoms with Crippen molar-refractivity contribution in [3.05, 3.63) is 59.1 Å². The fourth-order valence-corrected chi connectivity index (χ4v) is 8.60. The van der Waals surface area contributed by atoms with E-state index in [9.17, 15) is 18.0 Å². The Morgan fingerprint density at radius 2 is 1.26 bits per heavy atom. The van der Waals surface area contributed by atoms with E-state index in [0.29, 0.717) is 24.9 Å². The van der Waals surface area contributed by atoms with Crippen molar-refractivity contribution in [1.29, 1.82) is 0 Å². The molecule has 2 fully saturated rings. The fourth-order valence-electron chi connectivity index (χ4n) is 6.93. The van der Waals surface area contributed by atoms with Crippen molar-refractivity contribution in [2.24, 2.45) is 16.2 Å². The van der Waals surface area contributed by atoms with E-state index in [1.165, 1.54) is 0 Å². The number of aromatic nitrogens is 2. The topological polar surface area (TPSA) is 143 Å². The van der Waals surface area contributed by atoms with Crippen LogP contribution in [0.1, 0.15) is 161 Å². The van der Waals surface area contributed by atoms with E-state index in [0.717, 1.165) is 48.8 Å². The summed E-state index contributed by atoms with van der Waals surface area (Å²) >= 11 is 3.20. The Labute approximate surface area is 381 Å². The van der Waals surface area contributed by atoms with Gasteiger partial charge in [-0.2, -0.15) is 4.40 Å². The first-order chi connectivity index (χ1) is 27.8. The van der Waals surface area contributed by atoms with Crippen LogP contribution in [0.4, 0.5) is 9.59 Å². The molecule has 2 aromatic heterocycles. The van der Waals surface area contributed by atoms with Crippen molar-refractivity contribution in [2.75, 3.05) is 13.1 Å². The maximum atomic E-state index is 12.7. The molecule has 1 N–H and O–H groups in total. The second kappa shape index (κ2) is 22.7. The smallest absolute Gasteiger partial charge is 0.410 e. The Morgan fingerprint density at radius 1 is 0.787 bits per heavy atom. The van der Waals surface area contributed by atoms with Gasteiger partial charge in [0.25, 0.3) is 0 Å². The van der Waals surface area contributed by atoms with Crippen molar-refractivity contribution >= 4 is 56.3 Å². The Balaban J connectivity index is 0.000000368. The van der Waals surface area contributed by atoms with Crippen LogP contribution in [0, 0.1) is 11.8 Å². The number of hydrogen-bond donors (Lipinski definition) is 1. The molecule has 12 nitrogen and oxygen atoms in total. The zero-order valence-corrected chi connectivity index (χ0v) is 43.2. The lowest BCUT2D eigenvalue weighted by molar-refractivity contribution is 0.0118. The average molecular weight is 954 g/mol. The van der Waals surface area contributed by atoms with Gasteiger partial charge in [-0.3, -0.25) is 4.98 Å². The minimum Gasteiger partial charge on any atom is -0.444 e. The van der Waals surface area contributed by atoms with Crippen LogP contribution in [-0.4, -0.2) is 91.5 Å². The summed E-state index contributed by atoms with van der Waals surface area (Å²) in [6, 6.07) is 11.4. The Hall–Kier alpha value is -2.75. The maximum Gasteiger partial charge on any atom is 0.410 e. The lowest BCUT2D eigenvalue weighted by Gasteiger charge is -2.33. The highest BCUT2D eigenvalue weighted by molar-refractivity contribution is 9.10. The minimum absolute atomic E-state index is 0.0926. The van der Waals surface area contributed by atoms with Gasteiger partial charge in [0.05, 0.1) is 32.2 Å². The van der Waals surface area contributed by atoms with Crippen LogP contribution in [0.15, 0.2) is 57.8 Å². The predicted molar refractivity (Wildman–Crippen MR) is 255 cm³/mol. The molecule has 346 valence electrons. The van der Waals surface area contributed by atoms with Crippen molar-refractivity contribution in [2.45, 2.75) is 187 Å². The van der Waals surface area contributed by atoms with E-state index in [2.05, 4.69) is 62.7 Å². The summed E-state index contributed by atoms with van der Waals surface area (Å²) in [5, 5.41) is 0. The molecule has 2 aliphatic rings. The van der Waals surface area contributed by atoms with Crippen molar-refractivity contribution in [3.8, 4) is 0 Å². The highest BCUT2D eigenvalue weighted by Gasteiger charge is 2.44. The molecule has 0 aromatic carbocycles. The zero-order chi connectivity index (χ0) is 46.6. The van der Waals surface area contributed by atoms with E-state index in [1.807, 2.05) is 129 Å². The molecule has 5 atom stereocenters. The van der Waals surface area contributed by atoms with Crippen LogP contribution >= 0.6 is 15.9 Å². The second-order valence-corrected chi connectivity index (χ2v) is 26.0. The number of amides is 2. The molecule has 61 heavy (non-hydrogen) atoms. The van der Waals surface area contributed by atoms with E-state index in [4.69, 9.17) is 9.47 Å². The third-order valence-electron chi connectivity index (χ3n) is 9.89. The molecule has 0 saturated carbocycles. The van der Waals surface area contributed by atoms with E-state index < -0.39 is 33.2 Å². The van der Waals surface area contributed by atoms with Gasteiger partial charge in [0, 0.05) is 42.8 Å². The van der Waals surface area contributed by atoms with Crippen molar-refractivity contribution < 1.29 is 27.5 Å². The number of pyridine rings is 2. The van der Waals surface area contributed by atoms with E-state index >= 15 is 0 Å². The summed E-state index contributed by atoms with van der Waals surface area (Å²) in [5.74, 6) is 0.783. The molecule has 0 radical (unpaired) electrons. The molecule has 4 rings (SSSR count). The first-order valence-corrected chi connectivity index (χ1v) is 24.5. The Morgan fingerprint density at radius 3 is 1.64 bits per heavy atom. The summed E-state index contributed by atoms with van der Waals surface area (Å²) in [6.07, 6.45) is 10.1. The maximum absolute atomic E-state index is 12.7. The number of ether oxygens (including phenoxy) is 2. The van der Waals surface area contributed by atoms with Crippen LogP contribution < -0.4 is 4.72 Å². The SMILES string of the molecule is Brc1ccccn1.CC(C)(C)OC(=O)N1C[C@@H](CCC(N[S@@](=O)C(C)(C)C)c2ccccn2)CC1(C)C.CC(C)(C)OC(=O)N1C[C@@H](CCC=NS(=O)C(C)(C)C)CC1(C)C. The number of carbonyl (C=O) groups excluding carboxylic acids is 2. The van der Waals surface area contributed by atoms with Crippen molar-refractivity contribution in [3.63, 3.8) is 0 Å². The first kappa shape index (κ1) is 54.4. The molecular weight excluding hydrogens is 877 g/mol. The quantitative estimate of drug-likeness (QED) is 0.183. The molecule has 0 bridgehead atoms. The lowest BCUT2D eigenvalue weighted by Crippen LogP contribution is -2.45. The number of nitrogens with one attached hydrogen (secondary N) is 1. The normalized spacial score (nSPS) is 20.5. The average Bonchev–Trinajstić information content (AvgIpc) is 3.60. The summed E-state index contributed by atoms with van der Waals surface area (Å²) < 4.78 is 43.4. The van der Waals surface area contributed by atoms with Gasteiger partial charge in [-0.1, -0.05) is 12.1 Å². The molecule has 0 spiro atoms. The van der Waals surface area contributed by atoms with Gasteiger partial charge >= 0.3 is 12.2 Å². The van der Waals surface area contributed by atoms with Crippen LogP contribution in [0.5, 0.6) is 0 Å². The Bertz CT molecular complexity index is 1750. The van der Waals surface area contributed by atoms with Gasteiger partial charge in [0.1, 0.15) is 26.8 Å². The van der Waals surface area contributed by atoms with Gasteiger partial charge in [0.15, 0.2) is 0 Å². The molecule has 2 unspecified atom stereocenters. The van der Waals surface area contributed by atoms with Crippen LogP contribution in [-0.2, 0) is 31.4 Å². The summed E-state index contributed by atoms with van der Waals surface area (Å²) in [5.41, 5.74) is -0.519. The molecule has 2 aromatic rings. The van der Waals surface area contributed by atoms with Crippen LogP contribution in [0.3, 0.4) is 0 Å². The van der Waals surface area contributed by atoms with Crippen molar-refractivity contribution in [1.82, 2.24) is 24.5 Å².